The van der Waals surface area contributed by atoms with E-state index in [0.29, 0.717) is 10.8 Å². The molecular weight excluding hydrogens is 302 g/mol. The molecule has 0 saturated carbocycles. The molecule has 0 aliphatic rings. The molecule has 3 aromatic rings. The summed E-state index contributed by atoms with van der Waals surface area (Å²) in [5.41, 5.74) is 2.27. The Morgan fingerprint density at radius 2 is 1.95 bits per heavy atom. The number of alkyl carbamates (subject to hydrolysis) is 1. The van der Waals surface area contributed by atoms with E-state index in [1.54, 1.807) is 4.40 Å². The zero-order chi connectivity index (χ0) is 15.4. The fraction of sp³-hybridized carbons (Fsp3) is 0.125. The van der Waals surface area contributed by atoms with Gasteiger partial charge in [0.05, 0.1) is 12.2 Å². The highest BCUT2D eigenvalue weighted by Gasteiger charge is 2.11. The lowest BCUT2D eigenvalue weighted by atomic mass is 10.2. The molecule has 0 bridgehead atoms. The molecular formula is C16H14ClN3O2. The van der Waals surface area contributed by atoms with Crippen LogP contribution in [-0.2, 0) is 17.9 Å². The monoisotopic (exact) mass is 315 g/mol. The number of ether oxygens (including phenoxy) is 1. The van der Waals surface area contributed by atoms with Crippen LogP contribution in [0.3, 0.4) is 0 Å². The van der Waals surface area contributed by atoms with E-state index in [9.17, 15) is 4.79 Å². The van der Waals surface area contributed by atoms with Crippen LogP contribution in [-0.4, -0.2) is 15.5 Å². The van der Waals surface area contributed by atoms with Crippen LogP contribution in [0.15, 0.2) is 54.7 Å². The minimum atomic E-state index is -0.503. The van der Waals surface area contributed by atoms with Gasteiger partial charge in [0.15, 0.2) is 0 Å². The minimum Gasteiger partial charge on any atom is -0.445 e. The predicted octanol–water partition coefficient (Wildman–Crippen LogP) is 3.41. The highest BCUT2D eigenvalue weighted by Crippen LogP contribution is 2.17. The normalized spacial score (nSPS) is 10.6. The molecule has 0 aliphatic carbocycles. The number of hydrogen-bond donors (Lipinski definition) is 1. The first-order valence-electron chi connectivity index (χ1n) is 6.80. The number of carbonyl (C=O) groups excluding carboxylic acids is 1. The van der Waals surface area contributed by atoms with Gasteiger partial charge < -0.3 is 10.1 Å². The van der Waals surface area contributed by atoms with Crippen molar-refractivity contribution in [3.63, 3.8) is 0 Å². The lowest BCUT2D eigenvalue weighted by Gasteiger charge is -2.06. The number of nitrogens with zero attached hydrogens (tertiary/aromatic N) is 2. The highest BCUT2D eigenvalue weighted by molar-refractivity contribution is 6.30. The van der Waals surface area contributed by atoms with Gasteiger partial charge in [-0.3, -0.25) is 4.40 Å². The Morgan fingerprint density at radius 3 is 2.73 bits per heavy atom. The van der Waals surface area contributed by atoms with Crippen molar-refractivity contribution in [2.24, 2.45) is 0 Å². The number of carbonyl (C=O) groups is 1. The van der Waals surface area contributed by atoms with E-state index < -0.39 is 6.09 Å². The van der Waals surface area contributed by atoms with Crippen molar-refractivity contribution < 1.29 is 9.53 Å². The third-order valence-electron chi connectivity index (χ3n) is 3.15. The number of fused-ring (bicyclic) bond motifs is 1. The Balaban J connectivity index is 1.57. The summed E-state index contributed by atoms with van der Waals surface area (Å²) in [4.78, 5) is 16.1. The maximum absolute atomic E-state index is 11.7. The summed E-state index contributed by atoms with van der Waals surface area (Å²) in [6.45, 7) is 0.444. The second-order valence-electron chi connectivity index (χ2n) is 4.69. The number of amides is 1. The van der Waals surface area contributed by atoms with Crippen molar-refractivity contribution in [2.75, 3.05) is 0 Å². The van der Waals surface area contributed by atoms with Gasteiger partial charge in [-0.15, -0.1) is 0 Å². The molecule has 0 fully saturated rings. The van der Waals surface area contributed by atoms with Crippen LogP contribution >= 0.6 is 11.6 Å². The standard InChI is InChI=1S/C16H14ClN3O2/c17-15-13(19-14-8-4-5-9-20(14)15)10-18-16(21)22-11-12-6-2-1-3-7-12/h1-9H,10-11H2,(H,18,21). The summed E-state index contributed by atoms with van der Waals surface area (Å²) in [6.07, 6.45) is 1.32. The summed E-state index contributed by atoms with van der Waals surface area (Å²) in [5.74, 6) is 0. The topological polar surface area (TPSA) is 55.6 Å². The van der Waals surface area contributed by atoms with Gasteiger partial charge in [-0.2, -0.15) is 0 Å². The summed E-state index contributed by atoms with van der Waals surface area (Å²) in [5, 5.41) is 3.13. The van der Waals surface area contributed by atoms with E-state index in [2.05, 4.69) is 10.3 Å². The maximum atomic E-state index is 11.7. The summed E-state index contributed by atoms with van der Waals surface area (Å²) in [7, 11) is 0. The van der Waals surface area contributed by atoms with Crippen LogP contribution in [0, 0.1) is 0 Å². The third kappa shape index (κ3) is 3.20. The van der Waals surface area contributed by atoms with E-state index >= 15 is 0 Å². The van der Waals surface area contributed by atoms with Crippen molar-refractivity contribution in [3.8, 4) is 0 Å². The molecule has 1 N–H and O–H groups in total. The number of benzene rings is 1. The summed E-state index contributed by atoms with van der Waals surface area (Å²) >= 11 is 6.22. The highest BCUT2D eigenvalue weighted by atomic mass is 35.5. The fourth-order valence-electron chi connectivity index (χ4n) is 2.06. The Kier molecular flexibility index (Phi) is 4.25. The number of nitrogens with one attached hydrogen (secondary N) is 1. The van der Waals surface area contributed by atoms with Crippen molar-refractivity contribution >= 4 is 23.3 Å². The third-order valence-corrected chi connectivity index (χ3v) is 3.55. The van der Waals surface area contributed by atoms with Gasteiger partial charge >= 0.3 is 6.09 Å². The van der Waals surface area contributed by atoms with Gasteiger partial charge in [-0.1, -0.05) is 48.0 Å². The number of imidazole rings is 1. The molecule has 6 heteroatoms. The smallest absolute Gasteiger partial charge is 0.407 e. The lowest BCUT2D eigenvalue weighted by Crippen LogP contribution is -2.23. The zero-order valence-electron chi connectivity index (χ0n) is 11.7. The van der Waals surface area contributed by atoms with Crippen LogP contribution in [0.25, 0.3) is 5.65 Å². The Bertz CT molecular complexity index is 786. The van der Waals surface area contributed by atoms with Crippen LogP contribution < -0.4 is 5.32 Å². The molecule has 0 unspecified atom stereocenters. The summed E-state index contributed by atoms with van der Waals surface area (Å²) < 4.78 is 6.89. The van der Waals surface area contributed by atoms with Gasteiger partial charge in [-0.25, -0.2) is 9.78 Å². The number of rotatable bonds is 4. The summed E-state index contributed by atoms with van der Waals surface area (Å²) in [6, 6.07) is 15.1. The molecule has 1 amide bonds. The van der Waals surface area contributed by atoms with Gasteiger partial charge in [0.2, 0.25) is 0 Å². The first-order chi connectivity index (χ1) is 10.7. The van der Waals surface area contributed by atoms with E-state index in [1.165, 1.54) is 0 Å². The van der Waals surface area contributed by atoms with Crippen molar-refractivity contribution in [2.45, 2.75) is 13.2 Å². The fourth-order valence-corrected chi connectivity index (χ4v) is 2.31. The first kappa shape index (κ1) is 14.4. The molecule has 3 rings (SSSR count). The Labute approximate surface area is 132 Å². The number of halogens is 1. The number of aromatic nitrogens is 2. The van der Waals surface area contributed by atoms with Crippen LogP contribution in [0.4, 0.5) is 4.79 Å². The molecule has 0 saturated heterocycles. The molecule has 0 spiro atoms. The van der Waals surface area contributed by atoms with E-state index in [1.807, 2.05) is 54.7 Å². The van der Waals surface area contributed by atoms with Crippen molar-refractivity contribution in [1.82, 2.24) is 14.7 Å². The quantitative estimate of drug-likeness (QED) is 0.802. The van der Waals surface area contributed by atoms with Crippen LogP contribution in [0.1, 0.15) is 11.3 Å². The van der Waals surface area contributed by atoms with Gasteiger partial charge in [0.25, 0.3) is 0 Å². The molecule has 0 aliphatic heterocycles. The zero-order valence-corrected chi connectivity index (χ0v) is 12.5. The number of pyridine rings is 1. The average molecular weight is 316 g/mol. The molecule has 5 nitrogen and oxygen atoms in total. The molecule has 2 heterocycles. The van der Waals surface area contributed by atoms with Crippen molar-refractivity contribution in [1.29, 1.82) is 0 Å². The molecule has 0 radical (unpaired) electrons. The molecule has 2 aromatic heterocycles. The SMILES string of the molecule is O=C(NCc1nc2ccccn2c1Cl)OCc1ccccc1. The minimum absolute atomic E-state index is 0.216. The van der Waals surface area contributed by atoms with Gasteiger partial charge in [0, 0.05) is 6.20 Å². The van der Waals surface area contributed by atoms with E-state index in [-0.39, 0.29) is 13.2 Å². The molecule has 1 aromatic carbocycles. The average Bonchev–Trinajstić information content (AvgIpc) is 2.88. The molecule has 22 heavy (non-hydrogen) atoms. The Morgan fingerprint density at radius 1 is 1.18 bits per heavy atom. The largest absolute Gasteiger partial charge is 0.445 e. The van der Waals surface area contributed by atoms with Crippen LogP contribution in [0.2, 0.25) is 5.15 Å². The molecule has 112 valence electrons. The van der Waals surface area contributed by atoms with Crippen LogP contribution in [0.5, 0.6) is 0 Å². The van der Waals surface area contributed by atoms with E-state index in [4.69, 9.17) is 16.3 Å². The molecule has 0 atom stereocenters. The van der Waals surface area contributed by atoms with E-state index in [0.717, 1.165) is 11.2 Å². The van der Waals surface area contributed by atoms with Gasteiger partial charge in [-0.05, 0) is 17.7 Å². The lowest BCUT2D eigenvalue weighted by molar-refractivity contribution is 0.139. The first-order valence-corrected chi connectivity index (χ1v) is 7.18. The Hall–Kier alpha value is -2.53. The van der Waals surface area contributed by atoms with Crippen molar-refractivity contribution in [3.05, 3.63) is 71.1 Å². The predicted molar refractivity (Wildman–Crippen MR) is 83.7 cm³/mol. The maximum Gasteiger partial charge on any atom is 0.407 e. The number of hydrogen-bond acceptors (Lipinski definition) is 3. The second kappa shape index (κ2) is 6.49. The van der Waals surface area contributed by atoms with Gasteiger partial charge in [0.1, 0.15) is 17.4 Å². The second-order valence-corrected chi connectivity index (χ2v) is 5.05.